The van der Waals surface area contributed by atoms with Crippen LogP contribution in [0.15, 0.2) is 12.1 Å². The minimum absolute atomic E-state index is 0.143. The van der Waals surface area contributed by atoms with E-state index in [1.54, 1.807) is 12.1 Å². The van der Waals surface area contributed by atoms with E-state index in [4.69, 9.17) is 0 Å². The van der Waals surface area contributed by atoms with Crippen molar-refractivity contribution in [3.63, 3.8) is 0 Å². The monoisotopic (exact) mass is 277 g/mol. The van der Waals surface area contributed by atoms with E-state index in [1.807, 2.05) is 6.92 Å². The van der Waals surface area contributed by atoms with E-state index in [0.717, 1.165) is 32.6 Å². The minimum atomic E-state index is -0.143. The zero-order chi connectivity index (χ0) is 14.4. The number of nitrogens with one attached hydrogen (secondary N) is 2. The van der Waals surface area contributed by atoms with Gasteiger partial charge in [0.15, 0.2) is 5.69 Å². The number of aromatic nitrogens is 2. The van der Waals surface area contributed by atoms with E-state index >= 15 is 0 Å². The summed E-state index contributed by atoms with van der Waals surface area (Å²) in [5.74, 6) is 1.10. The molecule has 20 heavy (non-hydrogen) atoms. The van der Waals surface area contributed by atoms with Crippen LogP contribution in [0.5, 0.6) is 0 Å². The molecular formula is C14H23N5O. The van der Waals surface area contributed by atoms with Crippen molar-refractivity contribution in [1.82, 2.24) is 20.4 Å². The number of carbonyl (C=O) groups excluding carboxylic acids is 1. The third-order valence-electron chi connectivity index (χ3n) is 3.62. The molecule has 1 atom stereocenters. The molecule has 6 nitrogen and oxygen atoms in total. The Morgan fingerprint density at radius 2 is 2.25 bits per heavy atom. The maximum atomic E-state index is 12.0. The molecule has 0 bridgehead atoms. The molecule has 1 saturated heterocycles. The highest BCUT2D eigenvalue weighted by Gasteiger charge is 2.21. The first-order chi connectivity index (χ1) is 9.72. The van der Waals surface area contributed by atoms with Crippen LogP contribution in [0.4, 0.5) is 5.82 Å². The summed E-state index contributed by atoms with van der Waals surface area (Å²) in [6, 6.07) is 3.48. The first kappa shape index (κ1) is 14.7. The number of hydrogen-bond acceptors (Lipinski definition) is 5. The molecule has 6 heteroatoms. The Bertz CT molecular complexity index is 434. The van der Waals surface area contributed by atoms with Crippen LogP contribution in [0.2, 0.25) is 0 Å². The lowest BCUT2D eigenvalue weighted by molar-refractivity contribution is 0.0941. The zero-order valence-electron chi connectivity index (χ0n) is 12.2. The van der Waals surface area contributed by atoms with Crippen molar-refractivity contribution >= 4 is 11.7 Å². The molecule has 0 radical (unpaired) electrons. The molecule has 1 aliphatic rings. The number of amides is 1. The molecule has 2 N–H and O–H groups in total. The van der Waals surface area contributed by atoms with Crippen molar-refractivity contribution < 1.29 is 4.79 Å². The van der Waals surface area contributed by atoms with Crippen LogP contribution in [0.1, 0.15) is 30.8 Å². The highest BCUT2D eigenvalue weighted by atomic mass is 16.1. The lowest BCUT2D eigenvalue weighted by Crippen LogP contribution is -2.31. The van der Waals surface area contributed by atoms with E-state index in [-0.39, 0.29) is 5.91 Å². The van der Waals surface area contributed by atoms with Crippen molar-refractivity contribution in [1.29, 1.82) is 0 Å². The van der Waals surface area contributed by atoms with Gasteiger partial charge in [-0.25, -0.2) is 0 Å². The predicted octanol–water partition coefficient (Wildman–Crippen LogP) is 0.980. The maximum Gasteiger partial charge on any atom is 0.271 e. The van der Waals surface area contributed by atoms with E-state index in [0.29, 0.717) is 24.0 Å². The Kier molecular flexibility index (Phi) is 5.29. The number of rotatable bonds is 6. The van der Waals surface area contributed by atoms with Gasteiger partial charge >= 0.3 is 0 Å². The molecule has 110 valence electrons. The second-order valence-electron chi connectivity index (χ2n) is 5.09. The van der Waals surface area contributed by atoms with Crippen molar-refractivity contribution in [3.8, 4) is 0 Å². The fraction of sp³-hybridized carbons (Fsp3) is 0.643. The van der Waals surface area contributed by atoms with Crippen LogP contribution >= 0.6 is 0 Å². The van der Waals surface area contributed by atoms with Gasteiger partial charge in [0.05, 0.1) is 0 Å². The number of likely N-dealkylation sites (tertiary alicyclic amines) is 1. The van der Waals surface area contributed by atoms with Gasteiger partial charge in [-0.15, -0.1) is 10.2 Å². The Hall–Kier alpha value is -1.69. The summed E-state index contributed by atoms with van der Waals surface area (Å²) in [4.78, 5) is 14.4. The Morgan fingerprint density at radius 1 is 1.40 bits per heavy atom. The summed E-state index contributed by atoms with van der Waals surface area (Å²) < 4.78 is 0. The first-order valence-corrected chi connectivity index (χ1v) is 7.31. The molecule has 0 spiro atoms. The molecule has 1 amide bonds. The van der Waals surface area contributed by atoms with E-state index in [2.05, 4.69) is 32.7 Å². The molecule has 0 aromatic carbocycles. The van der Waals surface area contributed by atoms with Crippen molar-refractivity contribution in [2.75, 3.05) is 38.0 Å². The highest BCUT2D eigenvalue weighted by molar-refractivity contribution is 5.92. The average molecular weight is 277 g/mol. The first-order valence-electron chi connectivity index (χ1n) is 7.31. The molecule has 0 saturated carbocycles. The van der Waals surface area contributed by atoms with Gasteiger partial charge in [0, 0.05) is 19.6 Å². The van der Waals surface area contributed by atoms with Gasteiger partial charge < -0.3 is 15.5 Å². The van der Waals surface area contributed by atoms with Crippen LogP contribution in [-0.4, -0.2) is 53.7 Å². The van der Waals surface area contributed by atoms with Gasteiger partial charge in [0.2, 0.25) is 0 Å². The lowest BCUT2D eigenvalue weighted by atomic mass is 10.1. The number of hydrogen-bond donors (Lipinski definition) is 2. The maximum absolute atomic E-state index is 12.0. The molecule has 1 aliphatic heterocycles. The topological polar surface area (TPSA) is 70.2 Å². The molecule has 1 unspecified atom stereocenters. The van der Waals surface area contributed by atoms with Crippen LogP contribution < -0.4 is 10.6 Å². The van der Waals surface area contributed by atoms with E-state index in [9.17, 15) is 4.79 Å². The summed E-state index contributed by atoms with van der Waals surface area (Å²) in [5.41, 5.74) is 0.372. The van der Waals surface area contributed by atoms with Gasteiger partial charge in [0.25, 0.3) is 5.91 Å². The van der Waals surface area contributed by atoms with Crippen LogP contribution in [0.25, 0.3) is 0 Å². The molecule has 2 heterocycles. The average Bonchev–Trinajstić information content (AvgIpc) is 2.94. The van der Waals surface area contributed by atoms with Crippen molar-refractivity contribution in [2.45, 2.75) is 20.3 Å². The molecule has 1 fully saturated rings. The number of anilines is 1. The summed E-state index contributed by atoms with van der Waals surface area (Å²) in [6.07, 6.45) is 1.15. The van der Waals surface area contributed by atoms with Gasteiger partial charge in [0.1, 0.15) is 5.82 Å². The van der Waals surface area contributed by atoms with E-state index in [1.165, 1.54) is 0 Å². The predicted molar refractivity (Wildman–Crippen MR) is 78.7 cm³/mol. The normalized spacial score (nSPS) is 19.0. The third-order valence-corrected chi connectivity index (χ3v) is 3.62. The molecular weight excluding hydrogens is 254 g/mol. The fourth-order valence-corrected chi connectivity index (χ4v) is 2.42. The summed E-state index contributed by atoms with van der Waals surface area (Å²) in [5, 5.41) is 13.9. The fourth-order valence-electron chi connectivity index (χ4n) is 2.42. The van der Waals surface area contributed by atoms with Gasteiger partial charge in [-0.2, -0.15) is 0 Å². The van der Waals surface area contributed by atoms with Crippen LogP contribution in [0.3, 0.4) is 0 Å². The van der Waals surface area contributed by atoms with Crippen LogP contribution in [0, 0.1) is 5.92 Å². The Morgan fingerprint density at radius 3 is 2.85 bits per heavy atom. The quantitative estimate of drug-likeness (QED) is 0.811. The molecule has 1 aromatic heterocycles. The summed E-state index contributed by atoms with van der Waals surface area (Å²) in [7, 11) is 0. The van der Waals surface area contributed by atoms with Gasteiger partial charge in [-0.1, -0.05) is 6.92 Å². The third kappa shape index (κ3) is 3.90. The smallest absolute Gasteiger partial charge is 0.271 e. The standard InChI is InChI=1S/C14H23N5O/c1-3-15-13-6-5-12(17-18-13)14(20)16-9-11-7-8-19(4-2)10-11/h5-6,11H,3-4,7-10H2,1-2H3,(H,15,18)(H,16,20). The SMILES string of the molecule is CCNc1ccc(C(=O)NCC2CCN(CC)C2)nn1. The second kappa shape index (κ2) is 7.19. The molecule has 2 rings (SSSR count). The lowest BCUT2D eigenvalue weighted by Gasteiger charge is -2.13. The highest BCUT2D eigenvalue weighted by Crippen LogP contribution is 2.14. The van der Waals surface area contributed by atoms with Crippen molar-refractivity contribution in [3.05, 3.63) is 17.8 Å². The van der Waals surface area contributed by atoms with E-state index < -0.39 is 0 Å². The molecule has 1 aromatic rings. The zero-order valence-corrected chi connectivity index (χ0v) is 12.2. The largest absolute Gasteiger partial charge is 0.369 e. The summed E-state index contributed by atoms with van der Waals surface area (Å²) >= 11 is 0. The minimum Gasteiger partial charge on any atom is -0.369 e. The van der Waals surface area contributed by atoms with Crippen molar-refractivity contribution in [2.24, 2.45) is 5.92 Å². The Balaban J connectivity index is 1.79. The summed E-state index contributed by atoms with van der Waals surface area (Å²) in [6.45, 7) is 8.95. The van der Waals surface area contributed by atoms with Gasteiger partial charge in [-0.3, -0.25) is 4.79 Å². The Labute approximate surface area is 120 Å². The number of carbonyl (C=O) groups is 1. The second-order valence-corrected chi connectivity index (χ2v) is 5.09. The van der Waals surface area contributed by atoms with Crippen LogP contribution in [-0.2, 0) is 0 Å². The number of nitrogens with zero attached hydrogens (tertiary/aromatic N) is 3. The molecule has 0 aliphatic carbocycles. The van der Waals surface area contributed by atoms with Gasteiger partial charge in [-0.05, 0) is 44.5 Å².